The van der Waals surface area contributed by atoms with Gasteiger partial charge in [-0.1, -0.05) is 6.08 Å². The molecule has 1 saturated heterocycles. The van der Waals surface area contributed by atoms with E-state index in [9.17, 15) is 10.1 Å². The SMILES string of the molecule is CCNc1nc(Cc2cc(F)c(C(=O)N3CCN(C)C[C@H]3C)cc2OC)nc2c1C(C#N)=CC2. The smallest absolute Gasteiger partial charge is 0.257 e. The molecule has 0 bridgehead atoms. The van der Waals surface area contributed by atoms with Crippen molar-refractivity contribution in [2.24, 2.45) is 0 Å². The van der Waals surface area contributed by atoms with Crippen molar-refractivity contribution in [3.8, 4) is 11.8 Å². The second-order valence-electron chi connectivity index (χ2n) is 8.70. The van der Waals surface area contributed by atoms with Crippen molar-refractivity contribution in [2.45, 2.75) is 32.7 Å². The number of nitrogens with zero attached hydrogens (tertiary/aromatic N) is 5. The predicted octanol–water partition coefficient (Wildman–Crippen LogP) is 2.89. The third kappa shape index (κ3) is 4.46. The Bertz CT molecular complexity index is 1190. The van der Waals surface area contributed by atoms with Gasteiger partial charge >= 0.3 is 0 Å². The molecule has 34 heavy (non-hydrogen) atoms. The van der Waals surface area contributed by atoms with Gasteiger partial charge in [0.1, 0.15) is 23.2 Å². The number of nitriles is 1. The summed E-state index contributed by atoms with van der Waals surface area (Å²) in [4.78, 5) is 26.2. The average Bonchev–Trinajstić information content (AvgIpc) is 3.22. The van der Waals surface area contributed by atoms with Crippen molar-refractivity contribution in [1.29, 1.82) is 5.26 Å². The van der Waals surface area contributed by atoms with Crippen LogP contribution in [0.4, 0.5) is 10.2 Å². The minimum Gasteiger partial charge on any atom is -0.496 e. The maximum absolute atomic E-state index is 15.2. The van der Waals surface area contributed by atoms with Crippen LogP contribution in [0.3, 0.4) is 0 Å². The minimum absolute atomic E-state index is 0.00285. The highest BCUT2D eigenvalue weighted by atomic mass is 19.1. The first kappa shape index (κ1) is 23.6. The van der Waals surface area contributed by atoms with E-state index in [1.165, 1.54) is 19.2 Å². The molecule has 1 aliphatic carbocycles. The summed E-state index contributed by atoms with van der Waals surface area (Å²) in [5.41, 5.74) is 2.61. The van der Waals surface area contributed by atoms with E-state index in [1.807, 2.05) is 27.0 Å². The summed E-state index contributed by atoms with van der Waals surface area (Å²) in [6.45, 7) is 6.61. The van der Waals surface area contributed by atoms with Crippen LogP contribution in [0.25, 0.3) is 5.57 Å². The fourth-order valence-corrected chi connectivity index (χ4v) is 4.62. The number of benzene rings is 1. The normalized spacial score (nSPS) is 17.7. The molecule has 1 aliphatic heterocycles. The molecule has 9 heteroatoms. The Hall–Kier alpha value is -3.51. The van der Waals surface area contributed by atoms with Crippen molar-refractivity contribution in [3.05, 3.63) is 52.2 Å². The Balaban J connectivity index is 1.64. The highest BCUT2D eigenvalue weighted by Crippen LogP contribution is 2.33. The van der Waals surface area contributed by atoms with Gasteiger partial charge in [-0.25, -0.2) is 14.4 Å². The fourth-order valence-electron chi connectivity index (χ4n) is 4.62. The van der Waals surface area contributed by atoms with Crippen LogP contribution in [0.2, 0.25) is 0 Å². The zero-order valence-electron chi connectivity index (χ0n) is 20.0. The number of amides is 1. The molecular formula is C25H29FN6O2. The largest absolute Gasteiger partial charge is 0.496 e. The van der Waals surface area contributed by atoms with Crippen LogP contribution >= 0.6 is 0 Å². The molecule has 2 aromatic rings. The molecule has 0 saturated carbocycles. The van der Waals surface area contributed by atoms with E-state index in [0.717, 1.165) is 24.3 Å². The lowest BCUT2D eigenvalue weighted by atomic mass is 10.0. The molecule has 4 rings (SSSR count). The monoisotopic (exact) mass is 464 g/mol. The van der Waals surface area contributed by atoms with Crippen LogP contribution in [0.1, 0.15) is 46.9 Å². The fraction of sp³-hybridized carbons (Fsp3) is 0.440. The molecule has 0 radical (unpaired) electrons. The molecule has 8 nitrogen and oxygen atoms in total. The highest BCUT2D eigenvalue weighted by Gasteiger charge is 2.29. The number of hydrogen-bond donors (Lipinski definition) is 1. The van der Waals surface area contributed by atoms with E-state index in [0.29, 0.717) is 48.0 Å². The van der Waals surface area contributed by atoms with Crippen LogP contribution in [-0.2, 0) is 12.8 Å². The standard InChI is InChI=1S/C25H29FN6O2/c1-5-28-24-23-16(13-27)6-7-20(23)29-22(30-24)11-17-10-19(26)18(12-21(17)34-4)25(33)32-9-8-31(3)14-15(32)2/h6,10,12,15H,5,7-9,11,14H2,1-4H3,(H,28,29,30)/t15-/m1/s1. The Morgan fingerprint density at radius 2 is 2.15 bits per heavy atom. The van der Waals surface area contributed by atoms with Crippen molar-refractivity contribution >= 4 is 17.3 Å². The zero-order valence-corrected chi connectivity index (χ0v) is 20.0. The van der Waals surface area contributed by atoms with Crippen molar-refractivity contribution in [3.63, 3.8) is 0 Å². The number of nitrogens with one attached hydrogen (secondary N) is 1. The Kier molecular flexibility index (Phi) is 6.80. The van der Waals surface area contributed by atoms with Crippen LogP contribution in [0.15, 0.2) is 18.2 Å². The van der Waals surface area contributed by atoms with Crippen LogP contribution in [-0.4, -0.2) is 72.1 Å². The van der Waals surface area contributed by atoms with Gasteiger partial charge in [-0.3, -0.25) is 4.79 Å². The number of likely N-dealkylation sites (N-methyl/N-ethyl adjacent to an activating group) is 1. The van der Waals surface area contributed by atoms with Gasteiger partial charge in [0.25, 0.3) is 5.91 Å². The van der Waals surface area contributed by atoms with E-state index in [4.69, 9.17) is 4.74 Å². The lowest BCUT2D eigenvalue weighted by molar-refractivity contribution is 0.0528. The van der Waals surface area contributed by atoms with Gasteiger partial charge in [-0.05, 0) is 33.0 Å². The maximum atomic E-state index is 15.2. The predicted molar refractivity (Wildman–Crippen MR) is 127 cm³/mol. The number of ether oxygens (including phenoxy) is 1. The number of hydrogen-bond acceptors (Lipinski definition) is 7. The molecule has 1 atom stereocenters. The van der Waals surface area contributed by atoms with Crippen LogP contribution in [0.5, 0.6) is 5.75 Å². The number of rotatable bonds is 6. The highest BCUT2D eigenvalue weighted by molar-refractivity contribution is 5.95. The molecule has 1 aromatic carbocycles. The molecule has 1 aromatic heterocycles. The van der Waals surface area contributed by atoms with Gasteiger partial charge in [0.15, 0.2) is 0 Å². The number of halogens is 1. The summed E-state index contributed by atoms with van der Waals surface area (Å²) >= 11 is 0. The summed E-state index contributed by atoms with van der Waals surface area (Å²) in [5, 5.41) is 12.6. The molecule has 1 fully saturated rings. The van der Waals surface area contributed by atoms with E-state index < -0.39 is 5.82 Å². The number of aromatic nitrogens is 2. The third-order valence-electron chi connectivity index (χ3n) is 6.30. The molecule has 0 unspecified atom stereocenters. The number of methoxy groups -OCH3 is 1. The van der Waals surface area contributed by atoms with Gasteiger partial charge in [-0.2, -0.15) is 5.26 Å². The van der Waals surface area contributed by atoms with Gasteiger partial charge < -0.3 is 19.9 Å². The third-order valence-corrected chi connectivity index (χ3v) is 6.30. The number of piperazine rings is 1. The molecule has 1 N–H and O–H groups in total. The zero-order chi connectivity index (χ0) is 24.4. The number of fused-ring (bicyclic) bond motifs is 1. The summed E-state index contributed by atoms with van der Waals surface area (Å²) in [5.74, 6) is 0.584. The first-order valence-electron chi connectivity index (χ1n) is 11.5. The van der Waals surface area contributed by atoms with Crippen LogP contribution < -0.4 is 10.1 Å². The Morgan fingerprint density at radius 3 is 2.82 bits per heavy atom. The van der Waals surface area contributed by atoms with Crippen LogP contribution in [0, 0.1) is 17.1 Å². The maximum Gasteiger partial charge on any atom is 0.257 e. The van der Waals surface area contributed by atoms with E-state index in [1.54, 1.807) is 4.90 Å². The Labute approximate surface area is 199 Å². The average molecular weight is 465 g/mol. The second-order valence-corrected chi connectivity index (χ2v) is 8.70. The van der Waals surface area contributed by atoms with Crippen molar-refractivity contribution in [2.75, 3.05) is 45.7 Å². The first-order chi connectivity index (χ1) is 16.4. The lowest BCUT2D eigenvalue weighted by Gasteiger charge is -2.38. The number of carbonyl (C=O) groups excluding carboxylic acids is 1. The second kappa shape index (κ2) is 9.77. The topological polar surface area (TPSA) is 94.4 Å². The van der Waals surface area contributed by atoms with E-state index in [-0.39, 0.29) is 23.9 Å². The van der Waals surface area contributed by atoms with E-state index in [2.05, 4.69) is 26.3 Å². The van der Waals surface area contributed by atoms with Gasteiger partial charge in [0.05, 0.1) is 35.6 Å². The summed E-state index contributed by atoms with van der Waals surface area (Å²) in [6.07, 6.45) is 2.62. The quantitative estimate of drug-likeness (QED) is 0.702. The van der Waals surface area contributed by atoms with Crippen molar-refractivity contribution in [1.82, 2.24) is 19.8 Å². The summed E-state index contributed by atoms with van der Waals surface area (Å²) in [7, 11) is 3.51. The number of carbonyl (C=O) groups is 1. The molecule has 2 aliphatic rings. The van der Waals surface area contributed by atoms with Crippen molar-refractivity contribution < 1.29 is 13.9 Å². The Morgan fingerprint density at radius 1 is 1.35 bits per heavy atom. The van der Waals surface area contributed by atoms with Gasteiger partial charge in [-0.15, -0.1) is 0 Å². The summed E-state index contributed by atoms with van der Waals surface area (Å²) in [6, 6.07) is 5.01. The van der Waals surface area contributed by atoms with Gasteiger partial charge in [0.2, 0.25) is 0 Å². The van der Waals surface area contributed by atoms with Gasteiger partial charge in [0, 0.05) is 50.6 Å². The molecule has 0 spiro atoms. The van der Waals surface area contributed by atoms with E-state index >= 15 is 4.39 Å². The number of anilines is 1. The first-order valence-corrected chi connectivity index (χ1v) is 11.5. The minimum atomic E-state index is -0.589. The molecular weight excluding hydrogens is 435 g/mol. The molecule has 2 heterocycles. The number of allylic oxidation sites excluding steroid dienone is 2. The molecule has 178 valence electrons. The summed E-state index contributed by atoms with van der Waals surface area (Å²) < 4.78 is 20.7. The lowest BCUT2D eigenvalue weighted by Crippen LogP contribution is -2.52. The molecule has 1 amide bonds.